The lowest BCUT2D eigenvalue weighted by Crippen LogP contribution is -2.14. The monoisotopic (exact) mass is 296 g/mol. The van der Waals surface area contributed by atoms with Crippen molar-refractivity contribution in [2.75, 3.05) is 11.9 Å². The van der Waals surface area contributed by atoms with Crippen LogP contribution in [0.4, 0.5) is 10.5 Å². The minimum atomic E-state index is -0.481. The van der Waals surface area contributed by atoms with Gasteiger partial charge in [0.05, 0.1) is 24.0 Å². The summed E-state index contributed by atoms with van der Waals surface area (Å²) in [7, 11) is 0. The molecule has 0 saturated carbocycles. The molecule has 2 heterocycles. The molecule has 0 aliphatic carbocycles. The Balaban J connectivity index is 1.83. The number of carbonyl (C=O) groups is 1. The Labute approximate surface area is 127 Å². The summed E-state index contributed by atoms with van der Waals surface area (Å²) < 4.78 is 4.98. The molecule has 3 rings (SSSR count). The number of rotatable bonds is 4. The van der Waals surface area contributed by atoms with Crippen LogP contribution in [0, 0.1) is 0 Å². The van der Waals surface area contributed by atoms with Gasteiger partial charge in [0.25, 0.3) is 0 Å². The first-order chi connectivity index (χ1) is 10.8. The largest absolute Gasteiger partial charge is 0.449 e. The lowest BCUT2D eigenvalue weighted by molar-refractivity contribution is 0.161. The molecule has 112 valence electrons. The molecule has 0 aliphatic rings. The van der Waals surface area contributed by atoms with Crippen LogP contribution in [-0.4, -0.2) is 27.7 Å². The van der Waals surface area contributed by atoms with Crippen molar-refractivity contribution in [3.8, 4) is 11.4 Å². The number of ether oxygens (including phenoxy) is 1. The number of nitrogens with one attached hydrogen (secondary N) is 2. The zero-order valence-corrected chi connectivity index (χ0v) is 12.2. The van der Waals surface area contributed by atoms with Crippen LogP contribution >= 0.6 is 0 Å². The third kappa shape index (κ3) is 3.06. The molecule has 3 aromatic rings. The number of fused-ring (bicyclic) bond motifs is 1. The summed E-state index contributed by atoms with van der Waals surface area (Å²) in [5.74, 6) is 0.744. The Morgan fingerprint density at radius 3 is 2.91 bits per heavy atom. The van der Waals surface area contributed by atoms with Crippen molar-refractivity contribution in [3.63, 3.8) is 0 Å². The number of hydrogen-bond donors (Lipinski definition) is 2. The normalized spacial score (nSPS) is 10.6. The molecule has 0 saturated heterocycles. The van der Waals surface area contributed by atoms with E-state index in [1.807, 2.05) is 37.3 Å². The summed E-state index contributed by atoms with van der Waals surface area (Å²) in [6.45, 7) is 2.33. The van der Waals surface area contributed by atoms with E-state index in [1.54, 1.807) is 12.3 Å². The predicted octanol–water partition coefficient (Wildman–Crippen LogP) is 3.58. The highest BCUT2D eigenvalue weighted by atomic mass is 16.5. The Hall–Kier alpha value is -2.89. The smallest absolute Gasteiger partial charge is 0.411 e. The summed E-state index contributed by atoms with van der Waals surface area (Å²) in [5, 5.41) is 2.65. The maximum absolute atomic E-state index is 11.5. The number of benzene rings is 1. The van der Waals surface area contributed by atoms with Gasteiger partial charge in [-0.15, -0.1) is 0 Å². The van der Waals surface area contributed by atoms with Crippen LogP contribution < -0.4 is 5.32 Å². The highest BCUT2D eigenvalue weighted by molar-refractivity contribution is 5.87. The zero-order valence-electron chi connectivity index (χ0n) is 12.2. The average molecular weight is 296 g/mol. The minimum Gasteiger partial charge on any atom is -0.449 e. The number of anilines is 1. The molecule has 0 bridgehead atoms. The van der Waals surface area contributed by atoms with Crippen molar-refractivity contribution < 1.29 is 9.53 Å². The molecule has 1 aromatic carbocycles. The third-order valence-electron chi connectivity index (χ3n) is 3.07. The van der Waals surface area contributed by atoms with E-state index in [0.717, 1.165) is 23.3 Å². The van der Waals surface area contributed by atoms with E-state index in [9.17, 15) is 4.79 Å². The fourth-order valence-corrected chi connectivity index (χ4v) is 2.05. The van der Waals surface area contributed by atoms with Crippen LogP contribution in [0.3, 0.4) is 0 Å². The van der Waals surface area contributed by atoms with Gasteiger partial charge in [0.2, 0.25) is 0 Å². The first kappa shape index (κ1) is 14.1. The van der Waals surface area contributed by atoms with Gasteiger partial charge in [0, 0.05) is 5.56 Å². The topological polar surface area (TPSA) is 79.9 Å². The Morgan fingerprint density at radius 2 is 2.14 bits per heavy atom. The second kappa shape index (κ2) is 6.26. The number of aromatic nitrogens is 3. The van der Waals surface area contributed by atoms with E-state index in [2.05, 4.69) is 20.3 Å². The van der Waals surface area contributed by atoms with Gasteiger partial charge >= 0.3 is 6.09 Å². The Bertz CT molecular complexity index is 783. The van der Waals surface area contributed by atoms with E-state index in [-0.39, 0.29) is 0 Å². The molecule has 6 nitrogen and oxygen atoms in total. The van der Waals surface area contributed by atoms with Gasteiger partial charge in [0.15, 0.2) is 5.65 Å². The lowest BCUT2D eigenvalue weighted by Gasteiger charge is -2.05. The second-order valence-corrected chi connectivity index (χ2v) is 4.81. The van der Waals surface area contributed by atoms with Crippen molar-refractivity contribution >= 4 is 22.9 Å². The molecule has 0 radical (unpaired) electrons. The van der Waals surface area contributed by atoms with Crippen LogP contribution in [0.15, 0.2) is 42.6 Å². The number of hydrogen-bond acceptors (Lipinski definition) is 4. The standard InChI is InChI=1S/C16H16N4O2/c1-2-8-22-16(21)18-12-9-13-15(17-10-12)20-14(19-13)11-6-4-3-5-7-11/h3-7,9-10H,2,8H2,1H3,(H,18,21)(H,17,19,20). The van der Waals surface area contributed by atoms with Crippen LogP contribution in [0.1, 0.15) is 13.3 Å². The maximum atomic E-state index is 11.5. The van der Waals surface area contributed by atoms with Crippen molar-refractivity contribution in [2.24, 2.45) is 0 Å². The first-order valence-electron chi connectivity index (χ1n) is 7.11. The van der Waals surface area contributed by atoms with E-state index in [0.29, 0.717) is 17.9 Å². The summed E-state index contributed by atoms with van der Waals surface area (Å²) in [6.07, 6.45) is 1.86. The third-order valence-corrected chi connectivity index (χ3v) is 3.07. The molecule has 2 aromatic heterocycles. The molecule has 0 fully saturated rings. The highest BCUT2D eigenvalue weighted by Crippen LogP contribution is 2.21. The fourth-order valence-electron chi connectivity index (χ4n) is 2.05. The molecular weight excluding hydrogens is 280 g/mol. The molecular formula is C16H16N4O2. The molecule has 1 amide bonds. The molecule has 0 aliphatic heterocycles. The number of imidazole rings is 1. The van der Waals surface area contributed by atoms with E-state index in [4.69, 9.17) is 4.74 Å². The van der Waals surface area contributed by atoms with Gasteiger partial charge in [-0.25, -0.2) is 14.8 Å². The summed E-state index contributed by atoms with van der Waals surface area (Å²) in [5.41, 5.74) is 2.91. The van der Waals surface area contributed by atoms with Crippen molar-refractivity contribution in [1.29, 1.82) is 0 Å². The highest BCUT2D eigenvalue weighted by Gasteiger charge is 2.08. The van der Waals surface area contributed by atoms with Crippen molar-refractivity contribution in [3.05, 3.63) is 42.6 Å². The van der Waals surface area contributed by atoms with E-state index >= 15 is 0 Å². The molecule has 22 heavy (non-hydrogen) atoms. The summed E-state index contributed by atoms with van der Waals surface area (Å²) in [6, 6.07) is 11.6. The molecule has 2 N–H and O–H groups in total. The molecule has 0 spiro atoms. The Morgan fingerprint density at radius 1 is 1.32 bits per heavy atom. The molecule has 0 unspecified atom stereocenters. The van der Waals surface area contributed by atoms with Gasteiger partial charge < -0.3 is 9.72 Å². The number of carbonyl (C=O) groups excluding carboxylic acids is 1. The average Bonchev–Trinajstić information content (AvgIpc) is 2.97. The van der Waals surface area contributed by atoms with Gasteiger partial charge in [-0.3, -0.25) is 5.32 Å². The fraction of sp³-hybridized carbons (Fsp3) is 0.188. The predicted molar refractivity (Wildman–Crippen MR) is 84.6 cm³/mol. The van der Waals surface area contributed by atoms with Crippen molar-refractivity contribution in [1.82, 2.24) is 15.0 Å². The van der Waals surface area contributed by atoms with Gasteiger partial charge in [-0.2, -0.15) is 0 Å². The quantitative estimate of drug-likeness (QED) is 0.771. The molecule has 0 atom stereocenters. The Kier molecular flexibility index (Phi) is 4.00. The molecule has 6 heteroatoms. The van der Waals surface area contributed by atoms with E-state index < -0.39 is 6.09 Å². The van der Waals surface area contributed by atoms with Gasteiger partial charge in [-0.1, -0.05) is 37.3 Å². The van der Waals surface area contributed by atoms with Crippen molar-refractivity contribution in [2.45, 2.75) is 13.3 Å². The number of nitrogens with zero attached hydrogens (tertiary/aromatic N) is 2. The zero-order chi connectivity index (χ0) is 15.4. The van der Waals surface area contributed by atoms with Gasteiger partial charge in [0.1, 0.15) is 5.82 Å². The SMILES string of the molecule is CCCOC(=O)Nc1cnc2nc(-c3ccccc3)[nH]c2c1. The van der Waals surface area contributed by atoms with E-state index in [1.165, 1.54) is 0 Å². The van der Waals surface area contributed by atoms with Crippen LogP contribution in [0.25, 0.3) is 22.6 Å². The lowest BCUT2D eigenvalue weighted by atomic mass is 10.2. The van der Waals surface area contributed by atoms with Crippen LogP contribution in [0.2, 0.25) is 0 Å². The number of pyridine rings is 1. The first-order valence-corrected chi connectivity index (χ1v) is 7.11. The minimum absolute atomic E-state index is 0.393. The van der Waals surface area contributed by atoms with Gasteiger partial charge in [-0.05, 0) is 12.5 Å². The number of aromatic amines is 1. The van der Waals surface area contributed by atoms with Crippen LogP contribution in [0.5, 0.6) is 0 Å². The number of amides is 1. The second-order valence-electron chi connectivity index (χ2n) is 4.81. The van der Waals surface area contributed by atoms with Crippen LogP contribution in [-0.2, 0) is 4.74 Å². The number of H-pyrrole nitrogens is 1. The summed E-state index contributed by atoms with van der Waals surface area (Å²) in [4.78, 5) is 23.4. The summed E-state index contributed by atoms with van der Waals surface area (Å²) >= 11 is 0. The maximum Gasteiger partial charge on any atom is 0.411 e.